The summed E-state index contributed by atoms with van der Waals surface area (Å²) in [4.78, 5) is 4.83. The SMILES string of the molecule is c1ccc(-c2ccc(N(c3ccccc3)c3ccc4c(c3)C3(c5ccccc5-4)c4ccccc4-c4c(N(c5ccccc5)c5ccc6oc7ccccc7c6c5)cccc43)cc2)cc1. The van der Waals surface area contributed by atoms with Crippen molar-refractivity contribution >= 4 is 56.1 Å². The minimum Gasteiger partial charge on any atom is -0.456 e. The van der Waals surface area contributed by atoms with E-state index >= 15 is 0 Å². The first kappa shape index (κ1) is 36.3. The van der Waals surface area contributed by atoms with Gasteiger partial charge in [-0.2, -0.15) is 0 Å². The Bertz CT molecular complexity index is 3560. The van der Waals surface area contributed by atoms with Crippen LogP contribution in [-0.2, 0) is 5.41 Å². The molecular weight excluding hydrogens is 777 g/mol. The fourth-order valence-corrected chi connectivity index (χ4v) is 10.8. The van der Waals surface area contributed by atoms with Crippen molar-refractivity contribution in [2.75, 3.05) is 9.80 Å². The Labute approximate surface area is 372 Å². The van der Waals surface area contributed by atoms with Gasteiger partial charge in [-0.3, -0.25) is 0 Å². The molecule has 10 aromatic carbocycles. The maximum absolute atomic E-state index is 6.33. The third-order valence-electron chi connectivity index (χ3n) is 13.5. The van der Waals surface area contributed by atoms with E-state index in [0.29, 0.717) is 0 Å². The molecule has 0 saturated carbocycles. The van der Waals surface area contributed by atoms with Crippen molar-refractivity contribution < 1.29 is 4.42 Å². The summed E-state index contributed by atoms with van der Waals surface area (Å²) in [6.45, 7) is 0. The van der Waals surface area contributed by atoms with Crippen molar-refractivity contribution in [3.63, 3.8) is 0 Å². The topological polar surface area (TPSA) is 19.6 Å². The number of benzene rings is 10. The number of anilines is 6. The van der Waals surface area contributed by atoms with Crippen molar-refractivity contribution in [1.29, 1.82) is 0 Å². The van der Waals surface area contributed by atoms with Gasteiger partial charge >= 0.3 is 0 Å². The van der Waals surface area contributed by atoms with Gasteiger partial charge in [0.15, 0.2) is 0 Å². The first-order valence-corrected chi connectivity index (χ1v) is 22.0. The molecule has 3 heteroatoms. The molecule has 0 saturated heterocycles. The molecule has 3 nitrogen and oxygen atoms in total. The molecule has 0 fully saturated rings. The Kier molecular flexibility index (Phi) is 8.13. The average Bonchev–Trinajstić information content (AvgIpc) is 3.99. The van der Waals surface area contributed by atoms with Gasteiger partial charge in [0.2, 0.25) is 0 Å². The van der Waals surface area contributed by atoms with Crippen LogP contribution in [0.3, 0.4) is 0 Å². The lowest BCUT2D eigenvalue weighted by molar-refractivity contribution is 0.669. The van der Waals surface area contributed by atoms with Gasteiger partial charge in [0.05, 0.1) is 11.1 Å². The highest BCUT2D eigenvalue weighted by Crippen LogP contribution is 2.65. The molecule has 1 aromatic heterocycles. The molecule has 1 spiro atoms. The average molecular weight is 817 g/mol. The largest absolute Gasteiger partial charge is 0.456 e. The molecule has 300 valence electrons. The molecule has 0 amide bonds. The van der Waals surface area contributed by atoms with Gasteiger partial charge in [-0.25, -0.2) is 0 Å². The summed E-state index contributed by atoms with van der Waals surface area (Å²) in [6.07, 6.45) is 0. The van der Waals surface area contributed by atoms with E-state index in [0.717, 1.165) is 56.1 Å². The van der Waals surface area contributed by atoms with Gasteiger partial charge in [0.25, 0.3) is 0 Å². The van der Waals surface area contributed by atoms with Crippen LogP contribution in [0.5, 0.6) is 0 Å². The molecule has 2 aliphatic rings. The van der Waals surface area contributed by atoms with Gasteiger partial charge in [0, 0.05) is 44.8 Å². The van der Waals surface area contributed by atoms with Crippen LogP contribution < -0.4 is 9.80 Å². The fourth-order valence-electron chi connectivity index (χ4n) is 10.8. The van der Waals surface area contributed by atoms with Crippen LogP contribution in [0.2, 0.25) is 0 Å². The molecular formula is C61H40N2O. The third kappa shape index (κ3) is 5.34. The van der Waals surface area contributed by atoms with Crippen molar-refractivity contribution in [2.45, 2.75) is 5.41 Å². The number of fused-ring (bicyclic) bond motifs is 13. The Balaban J connectivity index is 1.05. The quantitative estimate of drug-likeness (QED) is 0.160. The molecule has 1 heterocycles. The summed E-state index contributed by atoms with van der Waals surface area (Å²) in [5.41, 5.74) is 20.4. The number of furan rings is 1. The van der Waals surface area contributed by atoms with E-state index in [1.54, 1.807) is 0 Å². The molecule has 0 aliphatic heterocycles. The predicted molar refractivity (Wildman–Crippen MR) is 265 cm³/mol. The number of rotatable bonds is 7. The Morgan fingerprint density at radius 3 is 1.58 bits per heavy atom. The molecule has 0 N–H and O–H groups in total. The zero-order valence-electron chi connectivity index (χ0n) is 34.9. The molecule has 1 atom stereocenters. The fraction of sp³-hybridized carbons (Fsp3) is 0.0164. The van der Waals surface area contributed by atoms with E-state index in [-0.39, 0.29) is 0 Å². The van der Waals surface area contributed by atoms with Crippen LogP contribution in [0, 0.1) is 0 Å². The van der Waals surface area contributed by atoms with Crippen LogP contribution >= 0.6 is 0 Å². The highest BCUT2D eigenvalue weighted by molar-refractivity contribution is 6.07. The van der Waals surface area contributed by atoms with Gasteiger partial charge in [-0.15, -0.1) is 0 Å². The van der Waals surface area contributed by atoms with Crippen molar-refractivity contribution in [3.8, 4) is 33.4 Å². The van der Waals surface area contributed by atoms with Crippen LogP contribution in [-0.4, -0.2) is 0 Å². The summed E-state index contributed by atoms with van der Waals surface area (Å²) in [5, 5.41) is 2.21. The molecule has 0 bridgehead atoms. The first-order chi connectivity index (χ1) is 31.8. The first-order valence-electron chi connectivity index (χ1n) is 22.0. The Morgan fingerprint density at radius 1 is 0.297 bits per heavy atom. The van der Waals surface area contributed by atoms with E-state index in [2.05, 4.69) is 240 Å². The summed E-state index contributed by atoms with van der Waals surface area (Å²) < 4.78 is 6.33. The van der Waals surface area contributed by atoms with Crippen LogP contribution in [0.1, 0.15) is 22.3 Å². The highest BCUT2D eigenvalue weighted by Gasteiger charge is 2.52. The van der Waals surface area contributed by atoms with Crippen molar-refractivity contribution in [1.82, 2.24) is 0 Å². The standard InChI is InChI=1S/C61H40N2O/c1-4-17-41(18-5-1)42-31-33-45(34-32-42)62(43-19-6-2-7-20-43)47-35-37-49-48-23-10-13-26-53(48)61(56(49)40-47)54-27-14-11-25-51(54)60-55(61)28-16-29-57(60)63(44-21-8-3-9-22-44)46-36-38-59-52(39-46)50-24-12-15-30-58(50)64-59/h1-40H. The summed E-state index contributed by atoms with van der Waals surface area (Å²) in [5.74, 6) is 0. The maximum Gasteiger partial charge on any atom is 0.135 e. The van der Waals surface area contributed by atoms with Crippen LogP contribution in [0.15, 0.2) is 247 Å². The Hall–Kier alpha value is -8.40. The van der Waals surface area contributed by atoms with Crippen molar-refractivity contribution in [3.05, 3.63) is 265 Å². The second kappa shape index (κ2) is 14.3. The number of para-hydroxylation sites is 3. The minimum absolute atomic E-state index is 0.573. The van der Waals surface area contributed by atoms with Crippen LogP contribution in [0.25, 0.3) is 55.3 Å². The van der Waals surface area contributed by atoms with E-state index in [9.17, 15) is 0 Å². The highest BCUT2D eigenvalue weighted by atomic mass is 16.3. The molecule has 11 aromatic rings. The van der Waals surface area contributed by atoms with Gasteiger partial charge in [-0.1, -0.05) is 164 Å². The van der Waals surface area contributed by atoms with Gasteiger partial charge in [-0.05, 0) is 129 Å². The monoisotopic (exact) mass is 816 g/mol. The minimum atomic E-state index is -0.573. The molecule has 13 rings (SSSR count). The zero-order chi connectivity index (χ0) is 42.2. The van der Waals surface area contributed by atoms with Gasteiger partial charge in [0.1, 0.15) is 11.2 Å². The maximum atomic E-state index is 6.33. The van der Waals surface area contributed by atoms with Crippen LogP contribution in [0.4, 0.5) is 34.1 Å². The molecule has 64 heavy (non-hydrogen) atoms. The zero-order valence-corrected chi connectivity index (χ0v) is 34.9. The molecule has 2 aliphatic carbocycles. The number of nitrogens with zero attached hydrogens (tertiary/aromatic N) is 2. The summed E-state index contributed by atoms with van der Waals surface area (Å²) in [7, 11) is 0. The normalized spacial score (nSPS) is 14.3. The van der Waals surface area contributed by atoms with E-state index in [4.69, 9.17) is 4.42 Å². The second-order valence-corrected chi connectivity index (χ2v) is 16.8. The molecule has 1 unspecified atom stereocenters. The Morgan fingerprint density at radius 2 is 0.812 bits per heavy atom. The van der Waals surface area contributed by atoms with Crippen molar-refractivity contribution in [2.24, 2.45) is 0 Å². The predicted octanol–water partition coefficient (Wildman–Crippen LogP) is 16.5. The lowest BCUT2D eigenvalue weighted by Gasteiger charge is -2.33. The second-order valence-electron chi connectivity index (χ2n) is 16.8. The lowest BCUT2D eigenvalue weighted by Crippen LogP contribution is -2.26. The number of hydrogen-bond donors (Lipinski definition) is 0. The van der Waals surface area contributed by atoms with E-state index in [1.165, 1.54) is 55.6 Å². The summed E-state index contributed by atoms with van der Waals surface area (Å²) >= 11 is 0. The smallest absolute Gasteiger partial charge is 0.135 e. The lowest BCUT2D eigenvalue weighted by atomic mass is 9.70. The van der Waals surface area contributed by atoms with Gasteiger partial charge < -0.3 is 14.2 Å². The molecule has 0 radical (unpaired) electrons. The summed E-state index contributed by atoms with van der Waals surface area (Å²) in [6, 6.07) is 88.3. The number of hydrogen-bond acceptors (Lipinski definition) is 3. The van der Waals surface area contributed by atoms with E-state index in [1.807, 2.05) is 12.1 Å². The van der Waals surface area contributed by atoms with E-state index < -0.39 is 5.41 Å². The third-order valence-corrected chi connectivity index (χ3v) is 13.5.